The Bertz CT molecular complexity index is 493. The molecule has 1 aliphatic rings. The van der Waals surface area contributed by atoms with Gasteiger partial charge >= 0.3 is 0 Å². The third kappa shape index (κ3) is 5.86. The van der Waals surface area contributed by atoms with Crippen LogP contribution in [0.2, 0.25) is 0 Å². The van der Waals surface area contributed by atoms with E-state index in [1.807, 2.05) is 0 Å². The van der Waals surface area contributed by atoms with Crippen molar-refractivity contribution in [2.75, 3.05) is 19.7 Å². The van der Waals surface area contributed by atoms with E-state index < -0.39 is 11.8 Å². The van der Waals surface area contributed by atoms with E-state index in [1.165, 1.54) is 18.4 Å². The number of Topliss-reactive ketones (excluding diaryl/α,β-unsaturated/α-hetero) is 1. The summed E-state index contributed by atoms with van der Waals surface area (Å²) in [6.07, 6.45) is 3.67. The van der Waals surface area contributed by atoms with Crippen LogP contribution in [-0.2, 0) is 24.0 Å². The molecular weight excluding hydrogens is 290 g/mol. The first-order valence-electron chi connectivity index (χ1n) is 6.88. The lowest BCUT2D eigenvalue weighted by molar-refractivity contribution is -0.137. The Morgan fingerprint density at radius 2 is 1.95 bits per heavy atom. The third-order valence-corrected chi connectivity index (χ3v) is 2.85. The maximum absolute atomic E-state index is 11.5. The molecule has 0 fully saturated rings. The summed E-state index contributed by atoms with van der Waals surface area (Å²) in [5, 5.41) is 6.06. The Morgan fingerprint density at radius 3 is 2.55 bits per heavy atom. The second-order valence-corrected chi connectivity index (χ2v) is 4.90. The Kier molecular flexibility index (Phi) is 6.94. The molecule has 0 aliphatic carbocycles. The van der Waals surface area contributed by atoms with Gasteiger partial charge in [0.25, 0.3) is 11.8 Å². The number of carbonyl (C=O) groups excluding carboxylic acids is 4. The lowest BCUT2D eigenvalue weighted by Gasteiger charge is -2.12. The van der Waals surface area contributed by atoms with Gasteiger partial charge in [0.05, 0.1) is 12.8 Å². The number of nitrogens with one attached hydrogen (secondary N) is 1. The molecule has 0 aromatic rings. The van der Waals surface area contributed by atoms with Crippen molar-refractivity contribution >= 4 is 29.7 Å². The Labute approximate surface area is 128 Å². The largest absolute Gasteiger partial charge is 0.388 e. The molecule has 1 N–H and O–H groups in total. The molecule has 0 bridgehead atoms. The van der Waals surface area contributed by atoms with Crippen LogP contribution in [-0.4, -0.2) is 54.3 Å². The first-order chi connectivity index (χ1) is 10.4. The summed E-state index contributed by atoms with van der Waals surface area (Å²) < 4.78 is 0. The van der Waals surface area contributed by atoms with Crippen molar-refractivity contribution in [2.24, 2.45) is 11.1 Å². The van der Waals surface area contributed by atoms with Crippen LogP contribution in [0.5, 0.6) is 0 Å². The quantitative estimate of drug-likeness (QED) is 0.356. The standard InChI is InChI=1S/C14H19N3O5/c1-10(2)11(18)9-22-16-7-6-15-12(19)5-8-17-13(20)3-4-14(17)21/h3-4,7,10H,5-6,8-9H2,1-2H3,(H,15,19). The summed E-state index contributed by atoms with van der Waals surface area (Å²) in [4.78, 5) is 51.0. The number of rotatable bonds is 9. The van der Waals surface area contributed by atoms with Crippen LogP contribution in [0.1, 0.15) is 20.3 Å². The molecule has 3 amide bonds. The fourth-order valence-corrected chi connectivity index (χ4v) is 1.47. The van der Waals surface area contributed by atoms with Gasteiger partial charge in [-0.2, -0.15) is 0 Å². The lowest BCUT2D eigenvalue weighted by Crippen LogP contribution is -2.35. The van der Waals surface area contributed by atoms with Crippen molar-refractivity contribution in [3.63, 3.8) is 0 Å². The molecule has 120 valence electrons. The maximum Gasteiger partial charge on any atom is 0.253 e. The lowest BCUT2D eigenvalue weighted by atomic mass is 10.1. The van der Waals surface area contributed by atoms with E-state index >= 15 is 0 Å². The molecule has 0 atom stereocenters. The highest BCUT2D eigenvalue weighted by Crippen LogP contribution is 2.03. The van der Waals surface area contributed by atoms with Crippen molar-refractivity contribution in [3.8, 4) is 0 Å². The molecule has 1 rings (SSSR count). The number of nitrogens with zero attached hydrogens (tertiary/aromatic N) is 2. The molecule has 0 aromatic heterocycles. The van der Waals surface area contributed by atoms with Gasteiger partial charge in [-0.05, 0) is 0 Å². The zero-order valence-corrected chi connectivity index (χ0v) is 12.6. The number of oxime groups is 1. The maximum atomic E-state index is 11.5. The van der Waals surface area contributed by atoms with E-state index in [0.717, 1.165) is 4.90 Å². The molecular formula is C14H19N3O5. The van der Waals surface area contributed by atoms with Crippen molar-refractivity contribution in [3.05, 3.63) is 12.2 Å². The van der Waals surface area contributed by atoms with E-state index in [4.69, 9.17) is 4.84 Å². The molecule has 22 heavy (non-hydrogen) atoms. The summed E-state index contributed by atoms with van der Waals surface area (Å²) in [7, 11) is 0. The summed E-state index contributed by atoms with van der Waals surface area (Å²) in [6.45, 7) is 3.60. The smallest absolute Gasteiger partial charge is 0.253 e. The van der Waals surface area contributed by atoms with Gasteiger partial charge in [-0.15, -0.1) is 0 Å². The molecule has 1 heterocycles. The molecule has 0 saturated carbocycles. The van der Waals surface area contributed by atoms with Gasteiger partial charge in [0.2, 0.25) is 5.91 Å². The molecule has 8 heteroatoms. The molecule has 1 aliphatic heterocycles. The average Bonchev–Trinajstić information content (AvgIpc) is 2.79. The highest BCUT2D eigenvalue weighted by atomic mass is 16.6. The summed E-state index contributed by atoms with van der Waals surface area (Å²) >= 11 is 0. The molecule has 0 aromatic carbocycles. The Morgan fingerprint density at radius 1 is 1.32 bits per heavy atom. The minimum absolute atomic E-state index is 0.0136. The SMILES string of the molecule is CC(C)C(=O)CON=CCNC(=O)CCN1C(=O)C=CC1=O. The number of amides is 3. The highest BCUT2D eigenvalue weighted by Gasteiger charge is 2.23. The van der Waals surface area contributed by atoms with E-state index in [-0.39, 0.29) is 43.7 Å². The Hall–Kier alpha value is -2.51. The van der Waals surface area contributed by atoms with Crippen molar-refractivity contribution in [2.45, 2.75) is 20.3 Å². The monoisotopic (exact) mass is 309 g/mol. The predicted molar refractivity (Wildman–Crippen MR) is 77.8 cm³/mol. The number of ketones is 1. The van der Waals surface area contributed by atoms with Crippen molar-refractivity contribution < 1.29 is 24.0 Å². The topological polar surface area (TPSA) is 105 Å². The van der Waals surface area contributed by atoms with Crippen LogP contribution in [0.4, 0.5) is 0 Å². The van der Waals surface area contributed by atoms with Crippen molar-refractivity contribution in [1.82, 2.24) is 10.2 Å². The molecule has 0 radical (unpaired) electrons. The number of hydrogen-bond donors (Lipinski definition) is 1. The van der Waals surface area contributed by atoms with E-state index in [1.54, 1.807) is 13.8 Å². The first kappa shape index (κ1) is 17.5. The minimum atomic E-state index is -0.414. The van der Waals surface area contributed by atoms with E-state index in [2.05, 4.69) is 10.5 Å². The fraction of sp³-hybridized carbons (Fsp3) is 0.500. The fourth-order valence-electron chi connectivity index (χ4n) is 1.47. The number of imide groups is 1. The molecule has 0 spiro atoms. The van der Waals surface area contributed by atoms with Gasteiger partial charge in [0, 0.05) is 31.0 Å². The predicted octanol–water partition coefficient (Wildman–Crippen LogP) is -0.355. The van der Waals surface area contributed by atoms with Gasteiger partial charge in [0.1, 0.15) is 0 Å². The van der Waals surface area contributed by atoms with E-state index in [9.17, 15) is 19.2 Å². The van der Waals surface area contributed by atoms with Crippen LogP contribution in [0.3, 0.4) is 0 Å². The van der Waals surface area contributed by atoms with Gasteiger partial charge in [-0.3, -0.25) is 24.1 Å². The summed E-state index contributed by atoms with van der Waals surface area (Å²) in [5.74, 6) is -1.32. The average molecular weight is 309 g/mol. The van der Waals surface area contributed by atoms with Crippen LogP contribution >= 0.6 is 0 Å². The summed E-state index contributed by atoms with van der Waals surface area (Å²) in [5.41, 5.74) is 0. The number of hydrogen-bond acceptors (Lipinski definition) is 6. The van der Waals surface area contributed by atoms with Crippen molar-refractivity contribution in [1.29, 1.82) is 0 Å². The third-order valence-electron chi connectivity index (χ3n) is 2.85. The highest BCUT2D eigenvalue weighted by molar-refractivity contribution is 6.13. The summed E-state index contributed by atoms with van der Waals surface area (Å²) in [6, 6.07) is 0. The number of carbonyl (C=O) groups is 4. The Balaban J connectivity index is 2.12. The minimum Gasteiger partial charge on any atom is -0.388 e. The van der Waals surface area contributed by atoms with Crippen LogP contribution in [0.25, 0.3) is 0 Å². The van der Waals surface area contributed by atoms with Gasteiger partial charge in [-0.25, -0.2) is 0 Å². The van der Waals surface area contributed by atoms with Gasteiger partial charge in [0.15, 0.2) is 12.4 Å². The molecule has 8 nitrogen and oxygen atoms in total. The van der Waals surface area contributed by atoms with E-state index in [0.29, 0.717) is 0 Å². The molecule has 0 unspecified atom stereocenters. The van der Waals surface area contributed by atoms with Crippen LogP contribution in [0.15, 0.2) is 17.3 Å². The molecule has 0 saturated heterocycles. The second-order valence-electron chi connectivity index (χ2n) is 4.90. The normalized spacial score (nSPS) is 14.2. The van der Waals surface area contributed by atoms with Gasteiger partial charge in [-0.1, -0.05) is 19.0 Å². The first-order valence-corrected chi connectivity index (χ1v) is 6.88. The van der Waals surface area contributed by atoms with Crippen LogP contribution in [0, 0.1) is 5.92 Å². The van der Waals surface area contributed by atoms with Crippen LogP contribution < -0.4 is 5.32 Å². The second kappa shape index (κ2) is 8.71. The van der Waals surface area contributed by atoms with Gasteiger partial charge < -0.3 is 10.2 Å². The zero-order chi connectivity index (χ0) is 16.5. The zero-order valence-electron chi connectivity index (χ0n) is 12.6.